The van der Waals surface area contributed by atoms with Crippen LogP contribution in [0.4, 0.5) is 0 Å². The number of phenolic OH excluding ortho intramolecular Hbond substituents is 2. The van der Waals surface area contributed by atoms with Crippen molar-refractivity contribution in [2.75, 3.05) is 0 Å². The predicted octanol–water partition coefficient (Wildman–Crippen LogP) is -0.372. The van der Waals surface area contributed by atoms with Crippen LogP contribution in [0.5, 0.6) is 11.5 Å². The number of benzene rings is 1. The molecule has 0 radical (unpaired) electrons. The Balaban J connectivity index is 2.13. The molecule has 1 aliphatic rings. The number of carboxylic acids is 1. The molecular formula is C16H18O8. The molecule has 0 heterocycles. The summed E-state index contributed by atoms with van der Waals surface area (Å²) in [5, 5.41) is 57.3. The molecule has 8 nitrogen and oxygen atoms in total. The lowest BCUT2D eigenvalue weighted by atomic mass is 9.73. The van der Waals surface area contributed by atoms with Crippen molar-refractivity contribution in [3.8, 4) is 11.5 Å². The van der Waals surface area contributed by atoms with Gasteiger partial charge >= 0.3 is 5.97 Å². The number of aliphatic hydroxyl groups is 3. The molecule has 0 spiro atoms. The number of aromatic hydroxyl groups is 2. The maximum atomic E-state index is 12.2. The second-order valence-corrected chi connectivity index (χ2v) is 5.89. The van der Waals surface area contributed by atoms with Gasteiger partial charge in [-0.15, -0.1) is 0 Å². The molecule has 24 heavy (non-hydrogen) atoms. The van der Waals surface area contributed by atoms with Gasteiger partial charge in [0.2, 0.25) is 0 Å². The van der Waals surface area contributed by atoms with Gasteiger partial charge in [-0.3, -0.25) is 4.79 Å². The van der Waals surface area contributed by atoms with Gasteiger partial charge in [-0.25, -0.2) is 4.79 Å². The summed E-state index contributed by atoms with van der Waals surface area (Å²) in [4.78, 5) is 23.2. The van der Waals surface area contributed by atoms with E-state index in [2.05, 4.69) is 0 Å². The fraction of sp³-hybridized carbons (Fsp3) is 0.375. The average molecular weight is 338 g/mol. The molecule has 0 amide bonds. The van der Waals surface area contributed by atoms with Crippen LogP contribution in [0.3, 0.4) is 0 Å². The first-order valence-corrected chi connectivity index (χ1v) is 7.20. The van der Waals surface area contributed by atoms with Crippen LogP contribution in [0.25, 0.3) is 6.08 Å². The van der Waals surface area contributed by atoms with E-state index in [0.29, 0.717) is 5.56 Å². The summed E-state index contributed by atoms with van der Waals surface area (Å²) in [6, 6.07) is 3.89. The second kappa shape index (κ2) is 6.60. The van der Waals surface area contributed by atoms with E-state index in [0.717, 1.165) is 6.08 Å². The molecule has 0 aliphatic heterocycles. The van der Waals surface area contributed by atoms with E-state index < -0.39 is 48.3 Å². The lowest BCUT2D eigenvalue weighted by molar-refractivity contribution is -0.180. The van der Waals surface area contributed by atoms with Gasteiger partial charge in [0.05, 0.1) is 18.1 Å². The molecule has 0 bridgehead atoms. The molecule has 0 unspecified atom stereocenters. The minimum atomic E-state index is -2.28. The number of ketones is 1. The number of phenols is 2. The first-order chi connectivity index (χ1) is 11.1. The van der Waals surface area contributed by atoms with Crippen LogP contribution in [0.2, 0.25) is 0 Å². The number of rotatable bonds is 4. The van der Waals surface area contributed by atoms with Crippen molar-refractivity contribution >= 4 is 17.8 Å². The molecule has 1 aromatic carbocycles. The third-order valence-corrected chi connectivity index (χ3v) is 4.09. The summed E-state index contributed by atoms with van der Waals surface area (Å²) < 4.78 is 0. The van der Waals surface area contributed by atoms with Gasteiger partial charge in [0.1, 0.15) is 0 Å². The lowest BCUT2D eigenvalue weighted by Crippen LogP contribution is -2.55. The van der Waals surface area contributed by atoms with Crippen molar-refractivity contribution in [2.24, 2.45) is 5.92 Å². The Morgan fingerprint density at radius 2 is 1.67 bits per heavy atom. The van der Waals surface area contributed by atoms with E-state index in [-0.39, 0.29) is 11.5 Å². The number of allylic oxidation sites excluding steroid dienone is 1. The van der Waals surface area contributed by atoms with E-state index in [9.17, 15) is 35.1 Å². The number of aliphatic carboxylic acids is 1. The van der Waals surface area contributed by atoms with E-state index in [1.807, 2.05) is 0 Å². The Hall–Kier alpha value is -2.42. The van der Waals surface area contributed by atoms with Gasteiger partial charge in [0.15, 0.2) is 22.9 Å². The summed E-state index contributed by atoms with van der Waals surface area (Å²) in [5.41, 5.74) is -1.87. The van der Waals surface area contributed by atoms with Crippen LogP contribution in [0, 0.1) is 5.92 Å². The van der Waals surface area contributed by atoms with Gasteiger partial charge in [0, 0.05) is 12.8 Å². The standard InChI is InChI=1S/C16H18O8/c17-9-3-1-8(5-11(9)19)2-4-10(18)14-12(20)6-16(24,15(22)23)7-13(14)21/h1-5,12-14,17,19-21,24H,6-7H2,(H,22,23)/b4-2+/t12-,13-,14?,16?/m1/s1. The quantitative estimate of drug-likeness (QED) is 0.321. The van der Waals surface area contributed by atoms with Crippen LogP contribution in [-0.2, 0) is 9.59 Å². The van der Waals surface area contributed by atoms with Crippen molar-refractivity contribution in [2.45, 2.75) is 30.7 Å². The highest BCUT2D eigenvalue weighted by Crippen LogP contribution is 2.34. The molecule has 1 aliphatic carbocycles. The third kappa shape index (κ3) is 3.56. The Labute approximate surface area is 136 Å². The van der Waals surface area contributed by atoms with E-state index in [1.165, 1.54) is 24.3 Å². The van der Waals surface area contributed by atoms with Crippen LogP contribution in [-0.4, -0.2) is 60.2 Å². The van der Waals surface area contributed by atoms with Crippen molar-refractivity contribution in [1.82, 2.24) is 0 Å². The molecule has 0 saturated heterocycles. The molecule has 2 atom stereocenters. The zero-order chi connectivity index (χ0) is 18.1. The third-order valence-electron chi connectivity index (χ3n) is 4.09. The maximum Gasteiger partial charge on any atom is 0.335 e. The van der Waals surface area contributed by atoms with Crippen LogP contribution >= 0.6 is 0 Å². The minimum Gasteiger partial charge on any atom is -0.504 e. The fourth-order valence-corrected chi connectivity index (χ4v) is 2.77. The molecule has 1 aromatic rings. The Morgan fingerprint density at radius 3 is 2.17 bits per heavy atom. The summed E-state index contributed by atoms with van der Waals surface area (Å²) in [7, 11) is 0. The number of hydrogen-bond donors (Lipinski definition) is 6. The Morgan fingerprint density at radius 1 is 1.08 bits per heavy atom. The van der Waals surface area contributed by atoms with Gasteiger partial charge in [-0.2, -0.15) is 0 Å². The number of carboxylic acid groups (broad SMARTS) is 1. The van der Waals surface area contributed by atoms with Crippen LogP contribution in [0.1, 0.15) is 18.4 Å². The summed E-state index contributed by atoms with van der Waals surface area (Å²) >= 11 is 0. The predicted molar refractivity (Wildman–Crippen MR) is 81.1 cm³/mol. The number of carbonyl (C=O) groups is 2. The highest BCUT2D eigenvalue weighted by atomic mass is 16.4. The molecular weight excluding hydrogens is 320 g/mol. The first-order valence-electron chi connectivity index (χ1n) is 7.20. The van der Waals surface area contributed by atoms with Gasteiger partial charge in [-0.05, 0) is 23.8 Å². The molecule has 6 N–H and O–H groups in total. The first kappa shape index (κ1) is 17.9. The van der Waals surface area contributed by atoms with Crippen molar-refractivity contribution in [1.29, 1.82) is 0 Å². The van der Waals surface area contributed by atoms with Crippen molar-refractivity contribution < 1.29 is 40.2 Å². The van der Waals surface area contributed by atoms with Crippen LogP contribution in [0.15, 0.2) is 24.3 Å². The Kier molecular flexibility index (Phi) is 4.93. The summed E-state index contributed by atoms with van der Waals surface area (Å²) in [6.45, 7) is 0. The lowest BCUT2D eigenvalue weighted by Gasteiger charge is -2.38. The Bertz CT molecular complexity index is 669. The van der Waals surface area contributed by atoms with Gasteiger partial charge < -0.3 is 30.6 Å². The molecule has 1 fully saturated rings. The van der Waals surface area contributed by atoms with Crippen molar-refractivity contribution in [3.63, 3.8) is 0 Å². The normalized spacial score (nSPS) is 30.4. The SMILES string of the molecule is O=C(/C=C/c1ccc(O)c(O)c1)C1[C@H](O)CC(O)(C(=O)O)C[C@H]1O. The van der Waals surface area contributed by atoms with Gasteiger partial charge in [0.25, 0.3) is 0 Å². The topological polar surface area (TPSA) is 156 Å². The summed E-state index contributed by atoms with van der Waals surface area (Å²) in [5.74, 6) is -4.15. The van der Waals surface area contributed by atoms with E-state index >= 15 is 0 Å². The zero-order valence-electron chi connectivity index (χ0n) is 12.5. The maximum absolute atomic E-state index is 12.2. The second-order valence-electron chi connectivity index (χ2n) is 5.89. The fourth-order valence-electron chi connectivity index (χ4n) is 2.77. The average Bonchev–Trinajstić information content (AvgIpc) is 2.47. The van der Waals surface area contributed by atoms with Crippen LogP contribution < -0.4 is 0 Å². The van der Waals surface area contributed by atoms with Gasteiger partial charge in [-0.1, -0.05) is 12.1 Å². The minimum absolute atomic E-state index is 0.315. The largest absolute Gasteiger partial charge is 0.504 e. The summed E-state index contributed by atoms with van der Waals surface area (Å²) in [6.07, 6.45) is -1.76. The number of carbonyl (C=O) groups excluding carboxylic acids is 1. The monoisotopic (exact) mass is 338 g/mol. The van der Waals surface area contributed by atoms with E-state index in [4.69, 9.17) is 5.11 Å². The molecule has 130 valence electrons. The smallest absolute Gasteiger partial charge is 0.335 e. The highest BCUT2D eigenvalue weighted by molar-refractivity contribution is 5.96. The number of aliphatic hydroxyl groups excluding tert-OH is 2. The molecule has 2 rings (SSSR count). The molecule has 0 aromatic heterocycles. The molecule has 8 heteroatoms. The number of hydrogen-bond acceptors (Lipinski definition) is 7. The van der Waals surface area contributed by atoms with E-state index in [1.54, 1.807) is 0 Å². The van der Waals surface area contributed by atoms with Crippen molar-refractivity contribution in [3.05, 3.63) is 29.8 Å². The zero-order valence-corrected chi connectivity index (χ0v) is 12.5. The molecule has 1 saturated carbocycles. The highest BCUT2D eigenvalue weighted by Gasteiger charge is 2.50.